The van der Waals surface area contributed by atoms with Crippen LogP contribution in [-0.4, -0.2) is 9.85 Å². The van der Waals surface area contributed by atoms with Crippen LogP contribution < -0.4 is 0 Å². The lowest BCUT2D eigenvalue weighted by Gasteiger charge is -2.17. The van der Waals surface area contributed by atoms with Crippen LogP contribution in [0.1, 0.15) is 11.1 Å². The van der Waals surface area contributed by atoms with Crippen LogP contribution in [0, 0.1) is 20.2 Å². The molecule has 0 saturated carbocycles. The summed E-state index contributed by atoms with van der Waals surface area (Å²) in [6.07, 6.45) is 0. The largest absolute Gasteiger partial charge is 0.510 e. The van der Waals surface area contributed by atoms with Crippen LogP contribution in [0.2, 0.25) is 0 Å². The van der Waals surface area contributed by atoms with E-state index in [-0.39, 0.29) is 11.1 Å². The van der Waals surface area contributed by atoms with Gasteiger partial charge in [0.25, 0.3) is 0 Å². The fourth-order valence-electron chi connectivity index (χ4n) is 2.00. The Bertz CT molecular complexity index is 543. The highest BCUT2D eigenvalue weighted by Gasteiger charge is 2.59. The van der Waals surface area contributed by atoms with E-state index in [2.05, 4.69) is 0 Å². The highest BCUT2D eigenvalue weighted by molar-refractivity contribution is 5.32. The van der Waals surface area contributed by atoms with Gasteiger partial charge >= 0.3 is 5.66 Å². The first kappa shape index (κ1) is 12.7. The van der Waals surface area contributed by atoms with E-state index in [4.69, 9.17) is 0 Å². The molecule has 0 saturated heterocycles. The van der Waals surface area contributed by atoms with Crippen molar-refractivity contribution in [1.82, 2.24) is 0 Å². The first-order chi connectivity index (χ1) is 9.10. The summed E-state index contributed by atoms with van der Waals surface area (Å²) in [5, 5.41) is 22.9. The molecular formula is C13H10N2O4. The summed E-state index contributed by atoms with van der Waals surface area (Å²) in [7, 11) is 0. The molecule has 0 radical (unpaired) electrons. The van der Waals surface area contributed by atoms with E-state index >= 15 is 0 Å². The maximum absolute atomic E-state index is 11.4. The lowest BCUT2D eigenvalue weighted by molar-refractivity contribution is -0.796. The highest BCUT2D eigenvalue weighted by Crippen LogP contribution is 2.33. The highest BCUT2D eigenvalue weighted by atomic mass is 16.7. The third-order valence-electron chi connectivity index (χ3n) is 2.88. The molecule has 0 N–H and O–H groups in total. The first-order valence-electron chi connectivity index (χ1n) is 5.50. The maximum atomic E-state index is 11.4. The van der Waals surface area contributed by atoms with Gasteiger partial charge in [-0.2, -0.15) is 0 Å². The molecular weight excluding hydrogens is 248 g/mol. The van der Waals surface area contributed by atoms with E-state index in [1.165, 1.54) is 24.3 Å². The van der Waals surface area contributed by atoms with Gasteiger partial charge in [0.1, 0.15) is 21.0 Å². The molecule has 2 rings (SSSR count). The predicted molar refractivity (Wildman–Crippen MR) is 67.7 cm³/mol. The molecule has 19 heavy (non-hydrogen) atoms. The molecule has 0 heterocycles. The maximum Gasteiger partial charge on any atom is 0.510 e. The molecule has 0 fully saturated rings. The molecule has 0 aliphatic rings. The number of rotatable bonds is 4. The minimum Gasteiger partial charge on any atom is -0.258 e. The fourth-order valence-corrected chi connectivity index (χ4v) is 2.00. The molecule has 0 unspecified atom stereocenters. The van der Waals surface area contributed by atoms with E-state index in [9.17, 15) is 20.2 Å². The minimum absolute atomic E-state index is 0.0243. The van der Waals surface area contributed by atoms with Crippen molar-refractivity contribution in [3.63, 3.8) is 0 Å². The molecule has 2 aromatic rings. The van der Waals surface area contributed by atoms with Gasteiger partial charge in [0.2, 0.25) is 0 Å². The molecule has 96 valence electrons. The average molecular weight is 258 g/mol. The third-order valence-corrected chi connectivity index (χ3v) is 2.88. The number of nitro groups is 2. The van der Waals surface area contributed by atoms with Crippen molar-refractivity contribution < 1.29 is 9.85 Å². The van der Waals surface area contributed by atoms with Crippen molar-refractivity contribution in [2.24, 2.45) is 0 Å². The normalized spacial score (nSPS) is 10.9. The van der Waals surface area contributed by atoms with Crippen molar-refractivity contribution in [3.8, 4) is 0 Å². The van der Waals surface area contributed by atoms with Crippen LogP contribution in [-0.2, 0) is 5.66 Å². The van der Waals surface area contributed by atoms with Crippen LogP contribution in [0.25, 0.3) is 0 Å². The summed E-state index contributed by atoms with van der Waals surface area (Å²) in [4.78, 5) is 21.1. The van der Waals surface area contributed by atoms with E-state index < -0.39 is 15.5 Å². The van der Waals surface area contributed by atoms with Gasteiger partial charge in [0, 0.05) is 0 Å². The summed E-state index contributed by atoms with van der Waals surface area (Å²) in [5.74, 6) is 0. The second-order valence-corrected chi connectivity index (χ2v) is 3.92. The van der Waals surface area contributed by atoms with Crippen molar-refractivity contribution in [2.45, 2.75) is 5.66 Å². The van der Waals surface area contributed by atoms with Gasteiger partial charge < -0.3 is 0 Å². The first-order valence-corrected chi connectivity index (χ1v) is 5.50. The molecule has 0 spiro atoms. The zero-order chi connectivity index (χ0) is 13.9. The van der Waals surface area contributed by atoms with Crippen molar-refractivity contribution in [3.05, 3.63) is 92.0 Å². The smallest absolute Gasteiger partial charge is 0.258 e. The van der Waals surface area contributed by atoms with E-state index in [0.29, 0.717) is 0 Å². The summed E-state index contributed by atoms with van der Waals surface area (Å²) in [5.41, 5.74) is -2.42. The number of hydrogen-bond acceptors (Lipinski definition) is 4. The molecule has 0 aliphatic carbocycles. The lowest BCUT2D eigenvalue weighted by atomic mass is 9.92. The second-order valence-electron chi connectivity index (χ2n) is 3.92. The fraction of sp³-hybridized carbons (Fsp3) is 0.0769. The Balaban J connectivity index is 2.77. The summed E-state index contributed by atoms with van der Waals surface area (Å²) >= 11 is 0. The molecule has 6 nitrogen and oxygen atoms in total. The Morgan fingerprint density at radius 1 is 0.684 bits per heavy atom. The van der Waals surface area contributed by atoms with Gasteiger partial charge in [0.05, 0.1) is 0 Å². The Kier molecular flexibility index (Phi) is 3.24. The zero-order valence-corrected chi connectivity index (χ0v) is 9.80. The topological polar surface area (TPSA) is 86.3 Å². The molecule has 0 atom stereocenters. The monoisotopic (exact) mass is 258 g/mol. The van der Waals surface area contributed by atoms with E-state index in [1.807, 2.05) is 0 Å². The van der Waals surface area contributed by atoms with Crippen LogP contribution in [0.15, 0.2) is 60.7 Å². The third kappa shape index (κ3) is 1.93. The standard InChI is InChI=1S/C13H10N2O4/c16-14(17)13(15(18)19,11-7-3-1-4-8-11)12-9-5-2-6-10-12/h1-10H. The number of hydrogen-bond donors (Lipinski definition) is 0. The van der Waals surface area contributed by atoms with Gasteiger partial charge in [0.15, 0.2) is 0 Å². The molecule has 0 bridgehead atoms. The van der Waals surface area contributed by atoms with Crippen molar-refractivity contribution >= 4 is 0 Å². The van der Waals surface area contributed by atoms with Gasteiger partial charge in [-0.1, -0.05) is 36.4 Å². The van der Waals surface area contributed by atoms with E-state index in [0.717, 1.165) is 0 Å². The molecule has 2 aromatic carbocycles. The molecule has 0 amide bonds. The van der Waals surface area contributed by atoms with Crippen LogP contribution in [0.4, 0.5) is 0 Å². The van der Waals surface area contributed by atoms with Crippen molar-refractivity contribution in [1.29, 1.82) is 0 Å². The van der Waals surface area contributed by atoms with Crippen molar-refractivity contribution in [2.75, 3.05) is 0 Å². The zero-order valence-electron chi connectivity index (χ0n) is 9.80. The van der Waals surface area contributed by atoms with E-state index in [1.54, 1.807) is 36.4 Å². The second kappa shape index (κ2) is 4.85. The minimum atomic E-state index is -2.47. The quantitative estimate of drug-likeness (QED) is 0.478. The van der Waals surface area contributed by atoms with Crippen LogP contribution in [0.5, 0.6) is 0 Å². The van der Waals surface area contributed by atoms with Crippen LogP contribution in [0.3, 0.4) is 0 Å². The summed E-state index contributed by atoms with van der Waals surface area (Å²) in [6.45, 7) is 0. The Hall–Kier alpha value is -2.76. The van der Waals surface area contributed by atoms with Gasteiger partial charge in [-0.15, -0.1) is 0 Å². The number of benzene rings is 2. The molecule has 0 aliphatic heterocycles. The Labute approximate surface area is 108 Å². The van der Waals surface area contributed by atoms with Gasteiger partial charge in [-0.25, -0.2) is 0 Å². The lowest BCUT2D eigenvalue weighted by Crippen LogP contribution is -2.44. The van der Waals surface area contributed by atoms with Gasteiger partial charge in [-0.05, 0) is 24.3 Å². The Morgan fingerprint density at radius 2 is 1.00 bits per heavy atom. The Morgan fingerprint density at radius 3 is 1.26 bits per heavy atom. The molecule has 6 heteroatoms. The average Bonchev–Trinajstić information content (AvgIpc) is 2.41. The predicted octanol–water partition coefficient (Wildman–Crippen LogP) is 2.44. The summed E-state index contributed by atoms with van der Waals surface area (Å²) in [6, 6.07) is 15.0. The van der Waals surface area contributed by atoms with Gasteiger partial charge in [-0.3, -0.25) is 20.2 Å². The van der Waals surface area contributed by atoms with Crippen LogP contribution >= 0.6 is 0 Å². The molecule has 0 aromatic heterocycles. The number of nitrogens with zero attached hydrogens (tertiary/aromatic N) is 2. The SMILES string of the molecule is O=[N+]([O-])C(c1ccccc1)(c1ccccc1)[N+](=O)[O-]. The summed E-state index contributed by atoms with van der Waals surface area (Å²) < 4.78 is 0.